The van der Waals surface area contributed by atoms with Crippen LogP contribution in [0.2, 0.25) is 5.28 Å². The highest BCUT2D eigenvalue weighted by molar-refractivity contribution is 6.28. The molecule has 6 heteroatoms. The first-order valence-corrected chi connectivity index (χ1v) is 6.05. The van der Waals surface area contributed by atoms with Crippen molar-refractivity contribution in [2.24, 2.45) is 5.92 Å². The predicted octanol–water partition coefficient (Wildman–Crippen LogP) is 2.17. The lowest BCUT2D eigenvalue weighted by Crippen LogP contribution is -2.11. The normalized spacial score (nSPS) is 14.9. The number of hydrogen-bond acceptors (Lipinski definition) is 5. The molecule has 1 aliphatic rings. The van der Waals surface area contributed by atoms with Crippen molar-refractivity contribution in [1.82, 2.24) is 15.0 Å². The molecular weight excluding hydrogens is 226 g/mol. The third-order valence-corrected chi connectivity index (χ3v) is 2.56. The van der Waals surface area contributed by atoms with E-state index < -0.39 is 0 Å². The number of halogens is 1. The summed E-state index contributed by atoms with van der Waals surface area (Å²) in [6.45, 7) is 3.85. The van der Waals surface area contributed by atoms with Crippen LogP contribution in [0, 0.1) is 5.92 Å². The van der Waals surface area contributed by atoms with Crippen LogP contribution in [0.15, 0.2) is 0 Å². The highest BCUT2D eigenvalue weighted by Crippen LogP contribution is 2.28. The van der Waals surface area contributed by atoms with Crippen LogP contribution in [0.3, 0.4) is 0 Å². The minimum atomic E-state index is 0.229. The van der Waals surface area contributed by atoms with Crippen LogP contribution in [0.1, 0.15) is 26.2 Å². The zero-order valence-electron chi connectivity index (χ0n) is 9.33. The zero-order valence-corrected chi connectivity index (χ0v) is 10.1. The van der Waals surface area contributed by atoms with Crippen LogP contribution in [0.4, 0.5) is 11.9 Å². The van der Waals surface area contributed by atoms with Gasteiger partial charge >= 0.3 is 0 Å². The SMILES string of the molecule is CCCNc1nc(Cl)nc(NCC2CC2)n1. The van der Waals surface area contributed by atoms with Crippen molar-refractivity contribution in [2.45, 2.75) is 26.2 Å². The summed E-state index contributed by atoms with van der Waals surface area (Å²) in [6.07, 6.45) is 3.62. The molecule has 0 aliphatic heterocycles. The van der Waals surface area contributed by atoms with E-state index in [-0.39, 0.29) is 5.28 Å². The fraction of sp³-hybridized carbons (Fsp3) is 0.700. The fourth-order valence-electron chi connectivity index (χ4n) is 1.30. The maximum atomic E-state index is 5.82. The van der Waals surface area contributed by atoms with E-state index in [1.54, 1.807) is 0 Å². The average molecular weight is 242 g/mol. The van der Waals surface area contributed by atoms with E-state index in [1.165, 1.54) is 12.8 Å². The molecule has 2 N–H and O–H groups in total. The molecule has 0 bridgehead atoms. The molecule has 16 heavy (non-hydrogen) atoms. The Bertz CT molecular complexity index is 353. The lowest BCUT2D eigenvalue weighted by molar-refractivity contribution is 0.865. The molecule has 5 nitrogen and oxygen atoms in total. The van der Waals surface area contributed by atoms with Crippen molar-refractivity contribution < 1.29 is 0 Å². The molecule has 1 aromatic heterocycles. The van der Waals surface area contributed by atoms with Gasteiger partial charge in [-0.25, -0.2) is 0 Å². The Morgan fingerprint density at radius 2 is 1.88 bits per heavy atom. The van der Waals surface area contributed by atoms with Gasteiger partial charge in [0.15, 0.2) is 0 Å². The van der Waals surface area contributed by atoms with Crippen LogP contribution in [-0.2, 0) is 0 Å². The molecular formula is C10H16ClN5. The third-order valence-electron chi connectivity index (χ3n) is 2.39. The van der Waals surface area contributed by atoms with Gasteiger partial charge in [-0.05, 0) is 36.8 Å². The topological polar surface area (TPSA) is 62.7 Å². The van der Waals surface area contributed by atoms with E-state index >= 15 is 0 Å². The molecule has 2 rings (SSSR count). The fourth-order valence-corrected chi connectivity index (χ4v) is 1.46. The smallest absolute Gasteiger partial charge is 0.228 e. The summed E-state index contributed by atoms with van der Waals surface area (Å²) in [6, 6.07) is 0. The summed E-state index contributed by atoms with van der Waals surface area (Å²) in [5, 5.41) is 6.50. The second-order valence-corrected chi connectivity index (χ2v) is 4.34. The molecule has 0 radical (unpaired) electrons. The second kappa shape index (κ2) is 5.30. The van der Waals surface area contributed by atoms with Gasteiger partial charge in [0.2, 0.25) is 17.2 Å². The zero-order chi connectivity index (χ0) is 11.4. The Morgan fingerprint density at radius 3 is 2.50 bits per heavy atom. The third kappa shape index (κ3) is 3.48. The number of nitrogens with zero attached hydrogens (tertiary/aromatic N) is 3. The highest BCUT2D eigenvalue weighted by Gasteiger charge is 2.21. The van der Waals surface area contributed by atoms with Crippen LogP contribution < -0.4 is 10.6 Å². The lowest BCUT2D eigenvalue weighted by atomic mass is 10.4. The van der Waals surface area contributed by atoms with Gasteiger partial charge < -0.3 is 10.6 Å². The Morgan fingerprint density at radius 1 is 1.19 bits per heavy atom. The predicted molar refractivity (Wildman–Crippen MR) is 64.8 cm³/mol. The van der Waals surface area contributed by atoms with Crippen LogP contribution >= 0.6 is 11.6 Å². The van der Waals surface area contributed by atoms with Gasteiger partial charge in [0.1, 0.15) is 0 Å². The van der Waals surface area contributed by atoms with Crippen LogP contribution in [0.5, 0.6) is 0 Å². The van der Waals surface area contributed by atoms with Crippen molar-refractivity contribution >= 4 is 23.5 Å². The first-order chi connectivity index (χ1) is 7.78. The Kier molecular flexibility index (Phi) is 3.77. The molecule has 0 spiro atoms. The number of rotatable bonds is 6. The standard InChI is InChI=1S/C10H16ClN5/c1-2-5-12-9-14-8(11)15-10(16-9)13-6-7-3-4-7/h7H,2-6H2,1H3,(H2,12,13,14,15,16). The number of nitrogens with one attached hydrogen (secondary N) is 2. The van der Waals surface area contributed by atoms with Gasteiger partial charge in [0.05, 0.1) is 0 Å². The molecule has 1 saturated carbocycles. The van der Waals surface area contributed by atoms with Crippen molar-refractivity contribution in [3.8, 4) is 0 Å². The molecule has 0 unspecified atom stereocenters. The van der Waals surface area contributed by atoms with E-state index in [4.69, 9.17) is 11.6 Å². The average Bonchev–Trinajstić information content (AvgIpc) is 3.07. The molecule has 1 aromatic rings. The molecule has 0 atom stereocenters. The quantitative estimate of drug-likeness (QED) is 0.799. The summed E-state index contributed by atoms with van der Waals surface area (Å²) in [5.41, 5.74) is 0. The van der Waals surface area contributed by atoms with Gasteiger partial charge in [-0.2, -0.15) is 15.0 Å². The first-order valence-electron chi connectivity index (χ1n) is 5.67. The molecule has 1 heterocycles. The van der Waals surface area contributed by atoms with E-state index in [9.17, 15) is 0 Å². The maximum Gasteiger partial charge on any atom is 0.228 e. The van der Waals surface area contributed by atoms with Gasteiger partial charge in [-0.15, -0.1) is 0 Å². The minimum absolute atomic E-state index is 0.229. The van der Waals surface area contributed by atoms with Crippen LogP contribution in [0.25, 0.3) is 0 Å². The summed E-state index contributed by atoms with van der Waals surface area (Å²) >= 11 is 5.82. The number of hydrogen-bond donors (Lipinski definition) is 2. The Hall–Kier alpha value is -1.10. The number of aromatic nitrogens is 3. The van der Waals surface area contributed by atoms with E-state index in [0.717, 1.165) is 25.4 Å². The van der Waals surface area contributed by atoms with Crippen molar-refractivity contribution in [2.75, 3.05) is 23.7 Å². The van der Waals surface area contributed by atoms with Gasteiger partial charge in [0, 0.05) is 13.1 Å². The van der Waals surface area contributed by atoms with Gasteiger partial charge in [0.25, 0.3) is 0 Å². The van der Waals surface area contributed by atoms with Gasteiger partial charge in [-0.1, -0.05) is 6.92 Å². The Balaban J connectivity index is 1.96. The molecule has 1 aliphatic carbocycles. The summed E-state index contributed by atoms with van der Waals surface area (Å²) in [5.74, 6) is 1.88. The molecule has 88 valence electrons. The summed E-state index contributed by atoms with van der Waals surface area (Å²) in [4.78, 5) is 12.3. The maximum absolute atomic E-state index is 5.82. The van der Waals surface area contributed by atoms with Crippen molar-refractivity contribution in [3.63, 3.8) is 0 Å². The largest absolute Gasteiger partial charge is 0.354 e. The minimum Gasteiger partial charge on any atom is -0.354 e. The molecule has 0 amide bonds. The van der Waals surface area contributed by atoms with Crippen LogP contribution in [-0.4, -0.2) is 28.0 Å². The summed E-state index contributed by atoms with van der Waals surface area (Å²) in [7, 11) is 0. The van der Waals surface area contributed by atoms with Gasteiger partial charge in [-0.3, -0.25) is 0 Å². The molecule has 0 saturated heterocycles. The van der Waals surface area contributed by atoms with E-state index in [2.05, 4.69) is 32.5 Å². The monoisotopic (exact) mass is 241 g/mol. The van der Waals surface area contributed by atoms with Crippen molar-refractivity contribution in [1.29, 1.82) is 0 Å². The second-order valence-electron chi connectivity index (χ2n) is 4.00. The highest BCUT2D eigenvalue weighted by atomic mass is 35.5. The Labute approximate surface area is 100 Å². The number of anilines is 2. The molecule has 1 fully saturated rings. The first kappa shape index (κ1) is 11.4. The lowest BCUT2D eigenvalue weighted by Gasteiger charge is -2.06. The summed E-state index contributed by atoms with van der Waals surface area (Å²) < 4.78 is 0. The molecule has 0 aromatic carbocycles. The van der Waals surface area contributed by atoms with E-state index in [0.29, 0.717) is 11.9 Å². The van der Waals surface area contributed by atoms with Crippen molar-refractivity contribution in [3.05, 3.63) is 5.28 Å². The van der Waals surface area contributed by atoms with E-state index in [1.807, 2.05) is 0 Å².